The number of rotatable bonds is 9. The predicted molar refractivity (Wildman–Crippen MR) is 162 cm³/mol. The standard InChI is InChI=1S/C29H31BrN4O3S2/c1-2-39(36,37)34-12-10-20(11-13-34)27-18-32-28-25(27)15-22(16-26(28)29(31)35)21-5-3-4-19(14-21)17-33-38-24-8-6-23(30)7-9-24/h3-9,14-16,18,20,32-33H,2,10-13,17H2,1H3,(H2,31,35). The van der Waals surface area contributed by atoms with Gasteiger partial charge < -0.3 is 10.7 Å². The summed E-state index contributed by atoms with van der Waals surface area (Å²) >= 11 is 5.04. The fourth-order valence-electron chi connectivity index (χ4n) is 5.15. The normalized spacial score (nSPS) is 15.1. The Morgan fingerprint density at radius 1 is 1.10 bits per heavy atom. The average molecular weight is 628 g/mol. The van der Waals surface area contributed by atoms with E-state index in [4.69, 9.17) is 5.73 Å². The highest BCUT2D eigenvalue weighted by Crippen LogP contribution is 2.37. The molecule has 0 atom stereocenters. The Bertz CT molecular complexity index is 1590. The molecule has 7 nitrogen and oxygen atoms in total. The van der Waals surface area contributed by atoms with Gasteiger partial charge in [0.25, 0.3) is 5.91 Å². The number of primary amides is 1. The zero-order valence-electron chi connectivity index (χ0n) is 21.6. The second-order valence-electron chi connectivity index (χ2n) is 9.71. The van der Waals surface area contributed by atoms with E-state index in [2.05, 4.69) is 56.0 Å². The summed E-state index contributed by atoms with van der Waals surface area (Å²) in [6.07, 6.45) is 3.42. The number of aromatic nitrogens is 1. The number of H-pyrrole nitrogens is 1. The molecule has 1 aliphatic heterocycles. The molecule has 4 N–H and O–H groups in total. The molecule has 0 radical (unpaired) electrons. The Hall–Kier alpha value is -2.63. The van der Waals surface area contributed by atoms with Crippen molar-refractivity contribution in [3.8, 4) is 11.1 Å². The number of hydrogen-bond donors (Lipinski definition) is 3. The molecule has 10 heteroatoms. The summed E-state index contributed by atoms with van der Waals surface area (Å²) in [5, 5.41) is 0.965. The molecule has 0 bridgehead atoms. The maximum atomic E-state index is 12.4. The van der Waals surface area contributed by atoms with Crippen molar-refractivity contribution in [1.29, 1.82) is 0 Å². The van der Waals surface area contributed by atoms with E-state index in [0.29, 0.717) is 25.2 Å². The van der Waals surface area contributed by atoms with Gasteiger partial charge in [0.1, 0.15) is 0 Å². The van der Waals surface area contributed by atoms with Gasteiger partial charge in [-0.2, -0.15) is 0 Å². The first kappa shape index (κ1) is 27.9. The lowest BCUT2D eigenvalue weighted by molar-refractivity contribution is 0.100. The van der Waals surface area contributed by atoms with E-state index in [1.165, 1.54) is 0 Å². The molecule has 0 unspecified atom stereocenters. The van der Waals surface area contributed by atoms with Crippen molar-refractivity contribution in [2.24, 2.45) is 5.73 Å². The molecule has 1 aromatic heterocycles. The molecular formula is C29H31BrN4O3S2. The van der Waals surface area contributed by atoms with Crippen molar-refractivity contribution >= 4 is 54.7 Å². The number of sulfonamides is 1. The van der Waals surface area contributed by atoms with Crippen LogP contribution in [0.3, 0.4) is 0 Å². The van der Waals surface area contributed by atoms with Crippen LogP contribution in [0.2, 0.25) is 0 Å². The number of piperidine rings is 1. The maximum absolute atomic E-state index is 12.4. The highest BCUT2D eigenvalue weighted by atomic mass is 79.9. The maximum Gasteiger partial charge on any atom is 0.250 e. The molecule has 1 fully saturated rings. The average Bonchev–Trinajstić information content (AvgIpc) is 3.38. The van der Waals surface area contributed by atoms with Crippen LogP contribution in [0.1, 0.15) is 47.2 Å². The van der Waals surface area contributed by atoms with Gasteiger partial charge in [0.2, 0.25) is 10.0 Å². The monoisotopic (exact) mass is 626 g/mol. The van der Waals surface area contributed by atoms with Crippen molar-refractivity contribution in [1.82, 2.24) is 14.0 Å². The lowest BCUT2D eigenvalue weighted by Crippen LogP contribution is -2.38. The lowest BCUT2D eigenvalue weighted by Gasteiger charge is -2.31. The third-order valence-corrected chi connectivity index (χ3v) is 10.5. The van der Waals surface area contributed by atoms with Crippen LogP contribution < -0.4 is 10.5 Å². The van der Waals surface area contributed by atoms with Gasteiger partial charge >= 0.3 is 0 Å². The minimum atomic E-state index is -3.19. The summed E-state index contributed by atoms with van der Waals surface area (Å²) in [5.74, 6) is -0.167. The molecule has 0 aliphatic carbocycles. The summed E-state index contributed by atoms with van der Waals surface area (Å²) in [6.45, 7) is 3.36. The molecule has 204 valence electrons. The molecule has 4 aromatic rings. The molecule has 0 spiro atoms. The van der Waals surface area contributed by atoms with Crippen LogP contribution in [0.25, 0.3) is 22.0 Å². The number of nitrogens with zero attached hydrogens (tertiary/aromatic N) is 1. The Labute approximate surface area is 241 Å². The van der Waals surface area contributed by atoms with Crippen LogP contribution in [0.5, 0.6) is 0 Å². The SMILES string of the molecule is CCS(=O)(=O)N1CCC(c2c[nH]c3c(C(N)=O)cc(-c4cccc(CNSc5ccc(Br)cc5)c4)cc23)CC1. The summed E-state index contributed by atoms with van der Waals surface area (Å²) in [5.41, 5.74) is 11.1. The largest absolute Gasteiger partial charge is 0.366 e. The highest BCUT2D eigenvalue weighted by molar-refractivity contribution is 9.10. The number of nitrogens with one attached hydrogen (secondary N) is 2. The van der Waals surface area contributed by atoms with Crippen LogP contribution in [0.4, 0.5) is 0 Å². The second-order valence-corrected chi connectivity index (χ2v) is 13.8. The first-order chi connectivity index (χ1) is 18.7. The Morgan fingerprint density at radius 3 is 2.54 bits per heavy atom. The van der Waals surface area contributed by atoms with Crippen molar-refractivity contribution in [3.63, 3.8) is 0 Å². The van der Waals surface area contributed by atoms with Gasteiger partial charge in [-0.3, -0.25) is 9.52 Å². The van der Waals surface area contributed by atoms with Gasteiger partial charge in [0.05, 0.1) is 16.8 Å². The molecule has 0 saturated carbocycles. The molecule has 3 aromatic carbocycles. The Balaban J connectivity index is 1.39. The molecule has 1 amide bonds. The molecule has 5 rings (SSSR count). The molecule has 2 heterocycles. The molecule has 1 saturated heterocycles. The van der Waals surface area contributed by atoms with Gasteiger partial charge in [0, 0.05) is 40.6 Å². The number of amides is 1. The van der Waals surface area contributed by atoms with Crippen LogP contribution in [0.15, 0.2) is 76.2 Å². The van der Waals surface area contributed by atoms with Crippen LogP contribution in [-0.2, 0) is 16.6 Å². The van der Waals surface area contributed by atoms with E-state index in [9.17, 15) is 13.2 Å². The number of carbonyl (C=O) groups excluding carboxylic acids is 1. The van der Waals surface area contributed by atoms with Crippen molar-refractivity contribution in [2.75, 3.05) is 18.8 Å². The number of benzene rings is 3. The van der Waals surface area contributed by atoms with E-state index in [1.807, 2.05) is 36.5 Å². The lowest BCUT2D eigenvalue weighted by atomic mass is 9.88. The van der Waals surface area contributed by atoms with Crippen molar-refractivity contribution in [3.05, 3.63) is 88.0 Å². The Kier molecular flexibility index (Phi) is 8.49. The van der Waals surface area contributed by atoms with Crippen molar-refractivity contribution in [2.45, 2.75) is 37.1 Å². The van der Waals surface area contributed by atoms with Gasteiger partial charge in [-0.15, -0.1) is 0 Å². The van der Waals surface area contributed by atoms with Crippen LogP contribution in [0, 0.1) is 0 Å². The summed E-state index contributed by atoms with van der Waals surface area (Å²) in [6, 6.07) is 20.4. The van der Waals surface area contributed by atoms with E-state index in [0.717, 1.165) is 55.4 Å². The number of carbonyl (C=O) groups is 1. The van der Waals surface area contributed by atoms with Crippen LogP contribution in [-0.4, -0.2) is 42.5 Å². The zero-order chi connectivity index (χ0) is 27.6. The van der Waals surface area contributed by atoms with Crippen molar-refractivity contribution < 1.29 is 13.2 Å². The number of hydrogen-bond acceptors (Lipinski definition) is 5. The quantitative estimate of drug-likeness (QED) is 0.197. The van der Waals surface area contributed by atoms with Gasteiger partial charge in [0.15, 0.2) is 0 Å². The summed E-state index contributed by atoms with van der Waals surface area (Å²) < 4.78 is 30.7. The fraction of sp³-hybridized carbons (Fsp3) is 0.276. The Morgan fingerprint density at radius 2 is 1.85 bits per heavy atom. The number of halogens is 1. The summed E-state index contributed by atoms with van der Waals surface area (Å²) in [7, 11) is -3.19. The first-order valence-electron chi connectivity index (χ1n) is 12.9. The smallest absolute Gasteiger partial charge is 0.250 e. The van der Waals surface area contributed by atoms with Gasteiger partial charge in [-0.25, -0.2) is 12.7 Å². The topological polar surface area (TPSA) is 108 Å². The molecule has 1 aliphatic rings. The fourth-order valence-corrected chi connectivity index (χ4v) is 7.22. The van der Waals surface area contributed by atoms with E-state index < -0.39 is 15.9 Å². The minimum Gasteiger partial charge on any atom is -0.366 e. The highest BCUT2D eigenvalue weighted by Gasteiger charge is 2.29. The third kappa shape index (κ3) is 6.25. The first-order valence-corrected chi connectivity index (χ1v) is 16.1. The van der Waals surface area contributed by atoms with Gasteiger partial charge in [-0.05, 0) is 102 Å². The van der Waals surface area contributed by atoms with E-state index >= 15 is 0 Å². The second kappa shape index (κ2) is 11.9. The number of nitrogens with two attached hydrogens (primary N) is 1. The van der Waals surface area contributed by atoms with Gasteiger partial charge in [-0.1, -0.05) is 34.1 Å². The number of aromatic amines is 1. The third-order valence-electron chi connectivity index (χ3n) is 7.28. The number of fused-ring (bicyclic) bond motifs is 1. The zero-order valence-corrected chi connectivity index (χ0v) is 24.8. The van der Waals surface area contributed by atoms with E-state index in [1.54, 1.807) is 23.2 Å². The predicted octanol–water partition coefficient (Wildman–Crippen LogP) is 6.02. The molecular weight excluding hydrogens is 596 g/mol. The molecule has 39 heavy (non-hydrogen) atoms. The minimum absolute atomic E-state index is 0.119. The summed E-state index contributed by atoms with van der Waals surface area (Å²) in [4.78, 5) is 16.9. The van der Waals surface area contributed by atoms with Crippen LogP contribution >= 0.6 is 27.9 Å². The van der Waals surface area contributed by atoms with E-state index in [-0.39, 0.29) is 11.7 Å².